The van der Waals surface area contributed by atoms with Gasteiger partial charge in [0, 0.05) is 0 Å². The highest BCUT2D eigenvalue weighted by molar-refractivity contribution is 7.89. The van der Waals surface area contributed by atoms with Crippen LogP contribution in [0.1, 0.15) is 18.9 Å². The van der Waals surface area contributed by atoms with Crippen molar-refractivity contribution in [1.29, 1.82) is 0 Å². The summed E-state index contributed by atoms with van der Waals surface area (Å²) in [6, 6.07) is 9.53. The number of benzene rings is 1. The van der Waals surface area contributed by atoms with Crippen LogP contribution in [0.3, 0.4) is 0 Å². The summed E-state index contributed by atoms with van der Waals surface area (Å²) in [5, 5.41) is 4.74. The largest absolute Gasteiger partial charge is 0.228 e. The predicted molar refractivity (Wildman–Crippen MR) is 71.0 cm³/mol. The molecule has 0 saturated carbocycles. The third-order valence-corrected chi connectivity index (χ3v) is 4.35. The van der Waals surface area contributed by atoms with Crippen LogP contribution in [0, 0.1) is 5.92 Å². The standard InChI is InChI=1S/C13H19NO2S/c1-3-7-11(2)13(17(14,15)16)10-12-8-5-4-6-9-12/h3-6,8-9,11,13H,1,7,10H2,2H3,(H2,14,15,16)/t11-,13-/m0/s1. The van der Waals surface area contributed by atoms with Gasteiger partial charge >= 0.3 is 0 Å². The van der Waals surface area contributed by atoms with E-state index in [-0.39, 0.29) is 5.92 Å². The van der Waals surface area contributed by atoms with Crippen LogP contribution in [0.4, 0.5) is 0 Å². The number of hydrogen-bond donors (Lipinski definition) is 1. The number of rotatable bonds is 6. The normalized spacial score (nSPS) is 15.2. The zero-order valence-corrected chi connectivity index (χ0v) is 10.9. The Kier molecular flexibility index (Phi) is 4.90. The molecule has 4 heteroatoms. The van der Waals surface area contributed by atoms with Crippen molar-refractivity contribution in [3.8, 4) is 0 Å². The maximum absolute atomic E-state index is 11.6. The molecule has 17 heavy (non-hydrogen) atoms. The molecule has 1 aromatic rings. The molecule has 94 valence electrons. The lowest BCUT2D eigenvalue weighted by atomic mass is 9.98. The van der Waals surface area contributed by atoms with E-state index in [9.17, 15) is 8.42 Å². The van der Waals surface area contributed by atoms with E-state index in [1.165, 1.54) is 0 Å². The minimum Gasteiger partial charge on any atom is -0.228 e. The van der Waals surface area contributed by atoms with Gasteiger partial charge in [-0.3, -0.25) is 0 Å². The van der Waals surface area contributed by atoms with Gasteiger partial charge in [0.1, 0.15) is 0 Å². The molecule has 0 aliphatic rings. The van der Waals surface area contributed by atoms with E-state index in [1.807, 2.05) is 37.3 Å². The average molecular weight is 253 g/mol. The molecule has 0 saturated heterocycles. The third kappa shape index (κ3) is 4.32. The summed E-state index contributed by atoms with van der Waals surface area (Å²) in [5.41, 5.74) is 0.988. The molecule has 3 nitrogen and oxygen atoms in total. The molecule has 0 bridgehead atoms. The summed E-state index contributed by atoms with van der Waals surface area (Å²) in [6.45, 7) is 5.53. The first-order chi connectivity index (χ1) is 7.95. The summed E-state index contributed by atoms with van der Waals surface area (Å²) < 4.78 is 23.2. The van der Waals surface area contributed by atoms with Crippen molar-refractivity contribution in [2.75, 3.05) is 0 Å². The number of primary sulfonamides is 1. The van der Waals surface area contributed by atoms with Crippen LogP contribution in [-0.4, -0.2) is 13.7 Å². The molecular formula is C13H19NO2S. The molecule has 0 spiro atoms. The second-order valence-corrected chi connectivity index (χ2v) is 6.10. The molecule has 0 radical (unpaired) electrons. The second-order valence-electron chi connectivity index (χ2n) is 4.32. The van der Waals surface area contributed by atoms with Gasteiger partial charge in [-0.2, -0.15) is 0 Å². The quantitative estimate of drug-likeness (QED) is 0.789. The molecule has 1 aromatic carbocycles. The smallest absolute Gasteiger partial charge is 0.212 e. The topological polar surface area (TPSA) is 60.2 Å². The highest BCUT2D eigenvalue weighted by Gasteiger charge is 2.27. The fourth-order valence-corrected chi connectivity index (χ4v) is 3.09. The van der Waals surface area contributed by atoms with Crippen LogP contribution in [0.2, 0.25) is 0 Å². The Hall–Kier alpha value is -1.13. The van der Waals surface area contributed by atoms with Crippen LogP contribution in [-0.2, 0) is 16.4 Å². The minimum atomic E-state index is -3.53. The van der Waals surface area contributed by atoms with E-state index in [0.29, 0.717) is 12.8 Å². The van der Waals surface area contributed by atoms with E-state index in [1.54, 1.807) is 6.08 Å². The SMILES string of the molecule is C=CC[C@H](C)[C@H](Cc1ccccc1)S(N)(=O)=O. The summed E-state index contributed by atoms with van der Waals surface area (Å²) in [5.74, 6) is -0.0253. The van der Waals surface area contributed by atoms with Gasteiger partial charge in [-0.05, 0) is 24.3 Å². The maximum atomic E-state index is 11.6. The summed E-state index contributed by atoms with van der Waals surface area (Å²) in [6.07, 6.45) is 2.83. The minimum absolute atomic E-state index is 0.0253. The highest BCUT2D eigenvalue weighted by atomic mass is 32.2. The van der Waals surface area contributed by atoms with E-state index >= 15 is 0 Å². The molecule has 0 aliphatic heterocycles. The molecule has 0 amide bonds. The van der Waals surface area contributed by atoms with Gasteiger partial charge in [0.05, 0.1) is 5.25 Å². The van der Waals surface area contributed by atoms with Crippen molar-refractivity contribution in [2.45, 2.75) is 25.0 Å². The summed E-state index contributed by atoms with van der Waals surface area (Å²) in [4.78, 5) is 0. The van der Waals surface area contributed by atoms with Gasteiger partial charge < -0.3 is 0 Å². The Balaban J connectivity index is 2.89. The number of sulfonamides is 1. The first-order valence-corrected chi connectivity index (χ1v) is 7.22. The van der Waals surface area contributed by atoms with Gasteiger partial charge in [0.25, 0.3) is 0 Å². The molecule has 0 unspecified atom stereocenters. The first-order valence-electron chi connectivity index (χ1n) is 5.61. The lowest BCUT2D eigenvalue weighted by molar-refractivity contribution is 0.505. The van der Waals surface area contributed by atoms with Crippen molar-refractivity contribution >= 4 is 10.0 Å². The van der Waals surface area contributed by atoms with Crippen LogP contribution in [0.25, 0.3) is 0 Å². The zero-order valence-electron chi connectivity index (χ0n) is 10.0. The fraction of sp³-hybridized carbons (Fsp3) is 0.385. The van der Waals surface area contributed by atoms with Crippen molar-refractivity contribution < 1.29 is 8.42 Å². The molecule has 0 aliphatic carbocycles. The van der Waals surface area contributed by atoms with Crippen LogP contribution < -0.4 is 5.14 Å². The molecule has 2 N–H and O–H groups in total. The van der Waals surface area contributed by atoms with Crippen LogP contribution in [0.5, 0.6) is 0 Å². The van der Waals surface area contributed by atoms with Gasteiger partial charge in [-0.25, -0.2) is 13.6 Å². The molecule has 1 rings (SSSR count). The Morgan fingerprint density at radius 2 is 1.94 bits per heavy atom. The first kappa shape index (κ1) is 13.9. The van der Waals surface area contributed by atoms with E-state index in [0.717, 1.165) is 5.56 Å². The van der Waals surface area contributed by atoms with Crippen LogP contribution >= 0.6 is 0 Å². The summed E-state index contributed by atoms with van der Waals surface area (Å²) in [7, 11) is -3.53. The Labute approximate surface area is 103 Å². The van der Waals surface area contributed by atoms with Crippen molar-refractivity contribution in [2.24, 2.45) is 11.1 Å². The number of nitrogens with two attached hydrogens (primary N) is 1. The maximum Gasteiger partial charge on any atom is 0.212 e. The van der Waals surface area contributed by atoms with E-state index < -0.39 is 15.3 Å². The fourth-order valence-electron chi connectivity index (χ4n) is 1.90. The zero-order chi connectivity index (χ0) is 12.9. The van der Waals surface area contributed by atoms with Gasteiger partial charge in [0.15, 0.2) is 0 Å². The molecule has 0 aromatic heterocycles. The molecule has 2 atom stereocenters. The Morgan fingerprint density at radius 1 is 1.35 bits per heavy atom. The highest BCUT2D eigenvalue weighted by Crippen LogP contribution is 2.19. The van der Waals surface area contributed by atoms with E-state index in [2.05, 4.69) is 6.58 Å². The lowest BCUT2D eigenvalue weighted by Gasteiger charge is -2.21. The monoisotopic (exact) mass is 253 g/mol. The number of hydrogen-bond acceptors (Lipinski definition) is 2. The van der Waals surface area contributed by atoms with Gasteiger partial charge in [-0.15, -0.1) is 6.58 Å². The Bertz CT molecular complexity index is 454. The molecule has 0 fully saturated rings. The van der Waals surface area contributed by atoms with Crippen molar-refractivity contribution in [1.82, 2.24) is 0 Å². The predicted octanol–water partition coefficient (Wildman–Crippen LogP) is 2.10. The Morgan fingerprint density at radius 3 is 2.41 bits per heavy atom. The average Bonchev–Trinajstić information content (AvgIpc) is 2.26. The van der Waals surface area contributed by atoms with Crippen LogP contribution in [0.15, 0.2) is 43.0 Å². The van der Waals surface area contributed by atoms with Gasteiger partial charge in [0.2, 0.25) is 10.0 Å². The van der Waals surface area contributed by atoms with Crippen molar-refractivity contribution in [3.63, 3.8) is 0 Å². The van der Waals surface area contributed by atoms with E-state index in [4.69, 9.17) is 5.14 Å². The summed E-state index contributed by atoms with van der Waals surface area (Å²) >= 11 is 0. The van der Waals surface area contributed by atoms with Crippen molar-refractivity contribution in [3.05, 3.63) is 48.6 Å². The molecular weight excluding hydrogens is 234 g/mol. The molecule has 0 heterocycles. The third-order valence-electron chi connectivity index (χ3n) is 2.87. The second kappa shape index (κ2) is 5.98. The van der Waals surface area contributed by atoms with Gasteiger partial charge in [-0.1, -0.05) is 43.3 Å². The number of allylic oxidation sites excluding steroid dienone is 1. The lowest BCUT2D eigenvalue weighted by Crippen LogP contribution is -2.35.